The summed E-state index contributed by atoms with van der Waals surface area (Å²) in [6, 6.07) is 10.3. The number of rotatable bonds is 8. The molecule has 0 aliphatic heterocycles. The van der Waals surface area contributed by atoms with Gasteiger partial charge in [-0.15, -0.1) is 0 Å². The van der Waals surface area contributed by atoms with Gasteiger partial charge in [0.25, 0.3) is 0 Å². The maximum Gasteiger partial charge on any atom is 0.347 e. The average molecular weight is 299 g/mol. The normalized spacial score (nSPS) is 15.3. The number of benzene rings is 1. The molecule has 0 saturated heterocycles. The van der Waals surface area contributed by atoms with Crippen LogP contribution in [0, 0.1) is 5.92 Å². The van der Waals surface area contributed by atoms with Crippen molar-refractivity contribution in [2.45, 2.75) is 39.0 Å². The number of hydrogen-bond acceptors (Lipinski definition) is 4. The van der Waals surface area contributed by atoms with Gasteiger partial charge in [-0.3, -0.25) is 9.88 Å². The summed E-state index contributed by atoms with van der Waals surface area (Å²) in [7, 11) is -0.275. The minimum Gasteiger partial charge on any atom is -0.311 e. The molecule has 0 aliphatic carbocycles. The molecule has 0 radical (unpaired) electrons. The molecule has 5 heteroatoms. The molecule has 2 atom stereocenters. The SMILES string of the molecule is CC[C@H](N[C@@H](C(C)C)P(=O)(OC)OC)c1ccccc1. The molecule has 1 N–H and O–H groups in total. The average Bonchev–Trinajstić information content (AvgIpc) is 2.48. The molecule has 0 fully saturated rings. The van der Waals surface area contributed by atoms with Gasteiger partial charge in [0.2, 0.25) is 0 Å². The van der Waals surface area contributed by atoms with Gasteiger partial charge in [0.05, 0.1) is 0 Å². The Hall–Kier alpha value is -0.670. The Bertz CT molecular complexity index is 428. The van der Waals surface area contributed by atoms with Gasteiger partial charge in [0.15, 0.2) is 0 Å². The van der Waals surface area contributed by atoms with Crippen molar-refractivity contribution in [3.8, 4) is 0 Å². The molecule has 0 unspecified atom stereocenters. The van der Waals surface area contributed by atoms with E-state index in [1.54, 1.807) is 0 Å². The Morgan fingerprint density at radius 1 is 1.15 bits per heavy atom. The highest BCUT2D eigenvalue weighted by atomic mass is 31.2. The molecule has 0 amide bonds. The lowest BCUT2D eigenvalue weighted by Crippen LogP contribution is -2.37. The van der Waals surface area contributed by atoms with E-state index in [1.165, 1.54) is 19.8 Å². The van der Waals surface area contributed by atoms with E-state index >= 15 is 0 Å². The van der Waals surface area contributed by atoms with Crippen LogP contribution in [-0.4, -0.2) is 20.0 Å². The summed E-state index contributed by atoms with van der Waals surface area (Å²) >= 11 is 0. The van der Waals surface area contributed by atoms with E-state index in [0.717, 1.165) is 6.42 Å². The molecule has 0 bridgehead atoms. The van der Waals surface area contributed by atoms with Crippen molar-refractivity contribution < 1.29 is 13.6 Å². The first kappa shape index (κ1) is 17.4. The third-order valence-corrected chi connectivity index (χ3v) is 5.91. The standard InChI is InChI=1S/C15H26NO3P/c1-6-14(13-10-8-7-9-11-13)16-15(12(2)3)20(17,18-4)19-5/h7-12,14-16H,6H2,1-5H3/t14-,15+/m0/s1. The first-order valence-corrected chi connectivity index (χ1v) is 8.61. The highest BCUT2D eigenvalue weighted by Crippen LogP contribution is 2.53. The van der Waals surface area contributed by atoms with Crippen molar-refractivity contribution in [2.75, 3.05) is 14.2 Å². The molecule has 0 aliphatic rings. The van der Waals surface area contributed by atoms with E-state index in [0.29, 0.717) is 0 Å². The van der Waals surface area contributed by atoms with Gasteiger partial charge in [0.1, 0.15) is 5.78 Å². The maximum atomic E-state index is 12.7. The Morgan fingerprint density at radius 2 is 1.70 bits per heavy atom. The van der Waals surface area contributed by atoms with Crippen LogP contribution < -0.4 is 5.32 Å². The molecule has 4 nitrogen and oxygen atoms in total. The van der Waals surface area contributed by atoms with Crippen molar-refractivity contribution in [1.82, 2.24) is 5.32 Å². The molecule has 0 spiro atoms. The summed E-state index contributed by atoms with van der Waals surface area (Å²) in [6.07, 6.45) is 0.903. The zero-order valence-corrected chi connectivity index (χ0v) is 13.9. The van der Waals surface area contributed by atoms with Gasteiger partial charge in [-0.1, -0.05) is 51.1 Å². The summed E-state index contributed by atoms with van der Waals surface area (Å²) in [5.74, 6) is -0.193. The first-order valence-electron chi connectivity index (χ1n) is 7.00. The number of hydrogen-bond donors (Lipinski definition) is 1. The van der Waals surface area contributed by atoms with Gasteiger partial charge >= 0.3 is 7.60 Å². The van der Waals surface area contributed by atoms with Crippen molar-refractivity contribution >= 4 is 7.60 Å². The molecule has 20 heavy (non-hydrogen) atoms. The van der Waals surface area contributed by atoms with E-state index in [4.69, 9.17) is 9.05 Å². The fraction of sp³-hybridized carbons (Fsp3) is 0.600. The van der Waals surface area contributed by atoms with Crippen LogP contribution in [0.4, 0.5) is 0 Å². The fourth-order valence-electron chi connectivity index (χ4n) is 2.29. The van der Waals surface area contributed by atoms with Crippen LogP contribution in [0.3, 0.4) is 0 Å². The second-order valence-corrected chi connectivity index (χ2v) is 7.50. The predicted molar refractivity (Wildman–Crippen MR) is 82.9 cm³/mol. The lowest BCUT2D eigenvalue weighted by Gasteiger charge is -2.32. The third kappa shape index (κ3) is 4.16. The van der Waals surface area contributed by atoms with Crippen molar-refractivity contribution in [3.05, 3.63) is 35.9 Å². The molecular weight excluding hydrogens is 273 g/mol. The smallest absolute Gasteiger partial charge is 0.311 e. The van der Waals surface area contributed by atoms with E-state index in [9.17, 15) is 4.57 Å². The predicted octanol–water partition coefficient (Wildman–Crippen LogP) is 4.20. The molecule has 114 valence electrons. The monoisotopic (exact) mass is 299 g/mol. The summed E-state index contributed by atoms with van der Waals surface area (Å²) in [5.41, 5.74) is 1.18. The molecule has 1 rings (SSSR count). The molecule has 0 heterocycles. The third-order valence-electron chi connectivity index (χ3n) is 3.46. The van der Waals surface area contributed by atoms with Crippen LogP contribution in [0.1, 0.15) is 38.8 Å². The summed E-state index contributed by atoms with van der Waals surface area (Å²) < 4.78 is 23.0. The van der Waals surface area contributed by atoms with E-state index < -0.39 is 7.60 Å². The van der Waals surface area contributed by atoms with Crippen LogP contribution in [0.2, 0.25) is 0 Å². The first-order chi connectivity index (χ1) is 9.48. The fourth-order valence-corrected chi connectivity index (χ4v) is 3.99. The number of nitrogens with one attached hydrogen (secondary N) is 1. The van der Waals surface area contributed by atoms with Crippen molar-refractivity contribution in [2.24, 2.45) is 5.92 Å². The van der Waals surface area contributed by atoms with Gasteiger partial charge < -0.3 is 9.05 Å². The molecule has 0 saturated carbocycles. The highest BCUT2D eigenvalue weighted by Gasteiger charge is 2.37. The highest BCUT2D eigenvalue weighted by molar-refractivity contribution is 7.54. The summed E-state index contributed by atoms with van der Waals surface area (Å²) in [6.45, 7) is 6.13. The van der Waals surface area contributed by atoms with Gasteiger partial charge in [-0.25, -0.2) is 0 Å². The van der Waals surface area contributed by atoms with Crippen LogP contribution in [0.15, 0.2) is 30.3 Å². The van der Waals surface area contributed by atoms with Crippen molar-refractivity contribution in [1.29, 1.82) is 0 Å². The molecule has 0 aromatic heterocycles. The molecule has 1 aromatic rings. The summed E-state index contributed by atoms with van der Waals surface area (Å²) in [4.78, 5) is 0. The van der Waals surface area contributed by atoms with E-state index in [2.05, 4.69) is 24.4 Å². The quantitative estimate of drug-likeness (QED) is 0.731. The zero-order chi connectivity index (χ0) is 15.2. The lowest BCUT2D eigenvalue weighted by molar-refractivity contribution is 0.241. The largest absolute Gasteiger partial charge is 0.347 e. The Kier molecular flexibility index (Phi) is 6.90. The van der Waals surface area contributed by atoms with Gasteiger partial charge in [0, 0.05) is 20.3 Å². The van der Waals surface area contributed by atoms with Crippen molar-refractivity contribution in [3.63, 3.8) is 0 Å². The zero-order valence-electron chi connectivity index (χ0n) is 13.0. The second-order valence-electron chi connectivity index (χ2n) is 5.13. The summed E-state index contributed by atoms with van der Waals surface area (Å²) in [5, 5.41) is 3.45. The Balaban J connectivity index is 2.97. The molecular formula is C15H26NO3P. The topological polar surface area (TPSA) is 47.6 Å². The molecule has 1 aromatic carbocycles. The maximum absolute atomic E-state index is 12.7. The minimum atomic E-state index is -3.15. The van der Waals surface area contributed by atoms with E-state index in [-0.39, 0.29) is 17.7 Å². The lowest BCUT2D eigenvalue weighted by atomic mass is 10.0. The van der Waals surface area contributed by atoms with Gasteiger partial charge in [-0.05, 0) is 17.9 Å². The van der Waals surface area contributed by atoms with Crippen LogP contribution >= 0.6 is 7.60 Å². The van der Waals surface area contributed by atoms with Crippen LogP contribution in [-0.2, 0) is 13.6 Å². The minimum absolute atomic E-state index is 0.127. The van der Waals surface area contributed by atoms with Gasteiger partial charge in [-0.2, -0.15) is 0 Å². The van der Waals surface area contributed by atoms with E-state index in [1.807, 2.05) is 32.0 Å². The van der Waals surface area contributed by atoms with Crippen LogP contribution in [0.25, 0.3) is 0 Å². The Labute approximate surface area is 122 Å². The van der Waals surface area contributed by atoms with Crippen LogP contribution in [0.5, 0.6) is 0 Å². The second kappa shape index (κ2) is 7.94. The Morgan fingerprint density at radius 3 is 2.10 bits per heavy atom.